The Hall–Kier alpha value is -6.75. The zero-order valence-corrected chi connectivity index (χ0v) is 47.1. The Labute approximate surface area is 495 Å². The number of ether oxygens (including phenoxy) is 11. The second-order valence-corrected chi connectivity index (χ2v) is 21.7. The topological polar surface area (TPSA) is 207 Å². The summed E-state index contributed by atoms with van der Waals surface area (Å²) in [6.45, 7) is 0.395. The minimum Gasteiger partial charge on any atom is -0.457 e. The summed E-state index contributed by atoms with van der Waals surface area (Å²) >= 11 is 0. The minimum absolute atomic E-state index is 0.0509. The number of aliphatic hydroxyl groups excluding tert-OH is 3. The van der Waals surface area contributed by atoms with Crippen LogP contribution >= 0.6 is 0 Å². The van der Waals surface area contributed by atoms with E-state index in [9.17, 15) is 20.4 Å². The Kier molecular flexibility index (Phi) is 20.9. The summed E-state index contributed by atoms with van der Waals surface area (Å²) in [6.07, 6.45) is -14.4. The molecule has 5 N–H and O–H groups in total. The van der Waals surface area contributed by atoms with Gasteiger partial charge in [0.2, 0.25) is 0 Å². The predicted octanol–water partition coefficient (Wildman–Crippen LogP) is 7.35. The molecule has 17 heteroatoms. The third kappa shape index (κ3) is 15.3. The van der Waals surface area contributed by atoms with Gasteiger partial charge in [0.1, 0.15) is 72.7 Å². The Morgan fingerprint density at radius 3 is 1.19 bits per heavy atom. The lowest BCUT2D eigenvalue weighted by Crippen LogP contribution is -2.68. The molecule has 2 saturated heterocycles. The molecular formula is C68H74N2O15. The lowest BCUT2D eigenvalue weighted by atomic mass is 9.95. The monoisotopic (exact) mass is 1160 g/mol. The summed E-state index contributed by atoms with van der Waals surface area (Å²) in [5.41, 5.74) is 4.20. The minimum atomic E-state index is -2.20. The Morgan fingerprint density at radius 2 is 0.776 bits per heavy atom. The maximum atomic E-state index is 11.5. The molecule has 3 fully saturated rings. The van der Waals surface area contributed by atoms with Gasteiger partial charge in [-0.25, -0.2) is 4.99 Å². The highest BCUT2D eigenvalue weighted by Gasteiger charge is 2.64. The molecule has 17 nitrogen and oxygen atoms in total. The van der Waals surface area contributed by atoms with Gasteiger partial charge in [-0.1, -0.05) is 212 Å². The first-order valence-corrected chi connectivity index (χ1v) is 29.0. The molecule has 0 bridgehead atoms. The lowest BCUT2D eigenvalue weighted by molar-refractivity contribution is -0.364. The zero-order chi connectivity index (χ0) is 58.2. The highest BCUT2D eigenvalue weighted by molar-refractivity contribution is 5.76. The second-order valence-electron chi connectivity index (χ2n) is 21.7. The summed E-state index contributed by atoms with van der Waals surface area (Å²) < 4.78 is 77.0. The predicted molar refractivity (Wildman–Crippen MR) is 313 cm³/mol. The van der Waals surface area contributed by atoms with E-state index in [0.29, 0.717) is 0 Å². The number of amidine groups is 1. The van der Waals surface area contributed by atoms with Gasteiger partial charge < -0.3 is 77.8 Å². The van der Waals surface area contributed by atoms with Crippen LogP contribution in [0.2, 0.25) is 0 Å². The number of nitrogens with one attached hydrogen (secondary N) is 1. The van der Waals surface area contributed by atoms with Crippen molar-refractivity contribution in [1.82, 2.24) is 5.32 Å². The molecule has 15 atom stereocenters. The van der Waals surface area contributed by atoms with Gasteiger partial charge in [-0.05, 0) is 38.9 Å². The van der Waals surface area contributed by atoms with Crippen molar-refractivity contribution < 1.29 is 72.5 Å². The molecule has 4 aliphatic rings. The van der Waals surface area contributed by atoms with Crippen LogP contribution in [0, 0.1) is 0 Å². The maximum absolute atomic E-state index is 11.5. The van der Waals surface area contributed by atoms with Gasteiger partial charge in [-0.15, -0.1) is 0 Å². The van der Waals surface area contributed by atoms with Gasteiger partial charge in [0, 0.05) is 0 Å². The van der Waals surface area contributed by atoms with Crippen molar-refractivity contribution in [3.63, 3.8) is 0 Å². The van der Waals surface area contributed by atoms with Crippen LogP contribution in [-0.4, -0.2) is 138 Å². The Balaban J connectivity index is 1.00. The van der Waals surface area contributed by atoms with Crippen LogP contribution in [0.15, 0.2) is 217 Å². The van der Waals surface area contributed by atoms with Gasteiger partial charge in [0.25, 0.3) is 6.02 Å². The number of nitrogens with zero attached hydrogens (tertiary/aromatic N) is 1. The zero-order valence-electron chi connectivity index (χ0n) is 47.1. The first-order chi connectivity index (χ1) is 41.8. The van der Waals surface area contributed by atoms with E-state index in [-0.39, 0.29) is 65.5 Å². The Bertz CT molecular complexity index is 3090. The van der Waals surface area contributed by atoms with Gasteiger partial charge in [0.15, 0.2) is 18.6 Å². The van der Waals surface area contributed by atoms with Crippen LogP contribution in [0.25, 0.3) is 0 Å². The molecule has 0 spiro atoms. The number of aliphatic imine (C=N–C) groups is 1. The standard InChI is InChI=1S/C68H74N2O15/c71-45-68(74)63-58(55(72)64(68)73)85-67(69-63)70-65-61(80-41-51-32-18-6-19-33-51)60(79-40-50-30-16-5-17-31-50)57(54(82-65)44-76-37-47-24-10-2-11-25-47)84-66-62(81-42-52-34-20-7-21-35-52)59(78-39-49-28-14-4-15-29-49)56(77-38-48-26-12-3-13-27-48)53(83-66)43-75-36-46-22-8-1-9-23-46/h1-35,53-66,71-74H,36-45H2,(H,69,70)/t53-,54-,55-,56-,57-,58-,59+,60+,61-,62-,63-,64+,65+,66+,68+/m1/s1. The number of fused-ring (bicyclic) bond motifs is 1. The van der Waals surface area contributed by atoms with E-state index in [2.05, 4.69) is 10.3 Å². The summed E-state index contributed by atoms with van der Waals surface area (Å²) in [6, 6.07) is 67.5. The fourth-order valence-corrected chi connectivity index (χ4v) is 11.2. The summed E-state index contributed by atoms with van der Waals surface area (Å²) in [7, 11) is 0. The highest BCUT2D eigenvalue weighted by Crippen LogP contribution is 2.40. The van der Waals surface area contributed by atoms with Crippen LogP contribution in [0.4, 0.5) is 0 Å². The van der Waals surface area contributed by atoms with Crippen molar-refractivity contribution in [3.8, 4) is 0 Å². The molecule has 0 amide bonds. The largest absolute Gasteiger partial charge is 0.457 e. The fourth-order valence-electron chi connectivity index (χ4n) is 11.2. The number of benzene rings is 7. The first-order valence-electron chi connectivity index (χ1n) is 29.0. The first kappa shape index (κ1) is 60.0. The molecule has 3 aliphatic heterocycles. The third-order valence-corrected chi connectivity index (χ3v) is 15.7. The quantitative estimate of drug-likeness (QED) is 0.0341. The highest BCUT2D eigenvalue weighted by atomic mass is 16.7. The van der Waals surface area contributed by atoms with E-state index in [1.165, 1.54) is 0 Å². The van der Waals surface area contributed by atoms with Crippen molar-refractivity contribution in [3.05, 3.63) is 251 Å². The molecule has 7 aromatic carbocycles. The van der Waals surface area contributed by atoms with Crippen molar-refractivity contribution in [2.24, 2.45) is 4.99 Å². The molecule has 3 heterocycles. The Morgan fingerprint density at radius 1 is 0.424 bits per heavy atom. The molecule has 446 valence electrons. The van der Waals surface area contributed by atoms with E-state index in [4.69, 9.17) is 52.1 Å². The molecule has 1 saturated carbocycles. The number of aliphatic hydroxyl groups is 4. The second kappa shape index (κ2) is 29.6. The van der Waals surface area contributed by atoms with E-state index in [1.807, 2.05) is 212 Å². The van der Waals surface area contributed by atoms with Crippen LogP contribution < -0.4 is 5.32 Å². The molecule has 0 aromatic heterocycles. The normalized spacial score (nSPS) is 29.0. The maximum Gasteiger partial charge on any atom is 0.287 e. The SMILES string of the molecule is OC[C@]1(O)[C@@H]2N=C(N[C@H]3O[C@H](COCc4ccccc4)[C@@H](O[C@@H]4O[C@H](COCc5ccccc5)[C@@H](OCc5ccccc5)[C@H](OCc5ccccc5)[C@H]4OCc4ccccc4)[C@H](OCc4ccccc4)[C@H]3OCc3ccccc3)O[C@@H]2[C@@H](O)[C@@H]1O. The molecular weight excluding hydrogens is 1080 g/mol. The molecule has 11 rings (SSSR count). The molecule has 1 aliphatic carbocycles. The van der Waals surface area contributed by atoms with E-state index in [1.54, 1.807) is 0 Å². The molecule has 0 unspecified atom stereocenters. The lowest BCUT2D eigenvalue weighted by Gasteiger charge is -2.50. The van der Waals surface area contributed by atoms with Crippen molar-refractivity contribution >= 4 is 6.02 Å². The van der Waals surface area contributed by atoms with Crippen LogP contribution in [0.5, 0.6) is 0 Å². The summed E-state index contributed by atoms with van der Waals surface area (Å²) in [5.74, 6) is 0. The van der Waals surface area contributed by atoms with Gasteiger partial charge in [0.05, 0.1) is 66.1 Å². The molecule has 85 heavy (non-hydrogen) atoms. The van der Waals surface area contributed by atoms with Gasteiger partial charge in [-0.3, -0.25) is 0 Å². The number of rotatable bonds is 27. The van der Waals surface area contributed by atoms with Gasteiger partial charge in [-0.2, -0.15) is 0 Å². The molecule has 0 radical (unpaired) electrons. The smallest absolute Gasteiger partial charge is 0.287 e. The summed E-state index contributed by atoms with van der Waals surface area (Å²) in [4.78, 5) is 4.62. The van der Waals surface area contributed by atoms with Crippen LogP contribution in [0.1, 0.15) is 38.9 Å². The third-order valence-electron chi connectivity index (χ3n) is 15.7. The average molecular weight is 1160 g/mol. The van der Waals surface area contributed by atoms with Crippen LogP contribution in [-0.2, 0) is 98.4 Å². The van der Waals surface area contributed by atoms with E-state index < -0.39 is 97.9 Å². The van der Waals surface area contributed by atoms with Crippen LogP contribution in [0.3, 0.4) is 0 Å². The number of hydrogen-bond acceptors (Lipinski definition) is 17. The summed E-state index contributed by atoms with van der Waals surface area (Å²) in [5, 5.41) is 47.0. The average Bonchev–Trinajstić information content (AvgIpc) is 1.98. The fraction of sp³-hybridized carbons (Fsp3) is 0.368. The van der Waals surface area contributed by atoms with Crippen molar-refractivity contribution in [2.75, 3.05) is 19.8 Å². The van der Waals surface area contributed by atoms with Crippen molar-refractivity contribution in [2.45, 2.75) is 138 Å². The van der Waals surface area contributed by atoms with E-state index in [0.717, 1.165) is 38.9 Å². The molecule has 7 aromatic rings. The van der Waals surface area contributed by atoms with E-state index >= 15 is 0 Å². The van der Waals surface area contributed by atoms with Crippen molar-refractivity contribution in [1.29, 1.82) is 0 Å². The number of hydrogen-bond donors (Lipinski definition) is 5. The van der Waals surface area contributed by atoms with Gasteiger partial charge >= 0.3 is 0 Å².